The average Bonchev–Trinajstić information content (AvgIpc) is 2.77. The topological polar surface area (TPSA) is 74.2 Å². The molecule has 2 aliphatic heterocycles. The summed E-state index contributed by atoms with van der Waals surface area (Å²) in [4.78, 5) is 12.2. The Labute approximate surface area is 193 Å². The number of halogens is 1. The highest BCUT2D eigenvalue weighted by Crippen LogP contribution is 2.55. The Balaban J connectivity index is 1.65. The Bertz CT molecular complexity index is 1000. The van der Waals surface area contributed by atoms with Gasteiger partial charge in [-0.15, -0.1) is 0 Å². The van der Waals surface area contributed by atoms with Gasteiger partial charge in [0.15, 0.2) is 11.5 Å². The van der Waals surface area contributed by atoms with E-state index in [2.05, 4.69) is 0 Å². The maximum absolute atomic E-state index is 12.2. The molecule has 32 heavy (non-hydrogen) atoms. The van der Waals surface area contributed by atoms with Crippen LogP contribution in [0.3, 0.4) is 0 Å². The zero-order chi connectivity index (χ0) is 23.0. The van der Waals surface area contributed by atoms with E-state index < -0.39 is 23.6 Å². The molecule has 1 saturated heterocycles. The van der Waals surface area contributed by atoms with Crippen LogP contribution in [0.1, 0.15) is 43.9 Å². The van der Waals surface area contributed by atoms with Crippen molar-refractivity contribution in [3.63, 3.8) is 0 Å². The third-order valence-electron chi connectivity index (χ3n) is 6.65. The van der Waals surface area contributed by atoms with E-state index in [0.29, 0.717) is 35.8 Å². The Morgan fingerprint density at radius 1 is 1.22 bits per heavy atom. The zero-order valence-electron chi connectivity index (χ0n) is 18.8. The fraction of sp³-hybridized carbons (Fsp3) is 0.480. The van der Waals surface area contributed by atoms with Gasteiger partial charge in [0, 0.05) is 22.6 Å². The third kappa shape index (κ3) is 4.26. The van der Waals surface area contributed by atoms with E-state index in [1.165, 1.54) is 0 Å². The van der Waals surface area contributed by atoms with Gasteiger partial charge in [0.1, 0.15) is 11.4 Å². The molecule has 7 heteroatoms. The first-order chi connectivity index (χ1) is 15.2. The van der Waals surface area contributed by atoms with E-state index in [1.807, 2.05) is 44.2 Å². The lowest BCUT2D eigenvalue weighted by Gasteiger charge is -2.50. The molecule has 172 valence electrons. The lowest BCUT2D eigenvalue weighted by molar-refractivity contribution is -0.188. The number of rotatable bonds is 6. The summed E-state index contributed by atoms with van der Waals surface area (Å²) in [7, 11) is 3.21. The summed E-state index contributed by atoms with van der Waals surface area (Å²) >= 11 is 6.35. The maximum Gasteiger partial charge on any atom is 0.309 e. The zero-order valence-corrected chi connectivity index (χ0v) is 19.5. The molecular weight excluding hydrogens is 432 g/mol. The fourth-order valence-electron chi connectivity index (χ4n) is 4.93. The molecule has 4 atom stereocenters. The predicted molar refractivity (Wildman–Crippen MR) is 121 cm³/mol. The molecule has 0 radical (unpaired) electrons. The van der Waals surface area contributed by atoms with Crippen molar-refractivity contribution in [1.82, 2.24) is 0 Å². The predicted octanol–water partition coefficient (Wildman–Crippen LogP) is 5.31. The van der Waals surface area contributed by atoms with E-state index >= 15 is 0 Å². The van der Waals surface area contributed by atoms with Crippen molar-refractivity contribution in [1.29, 1.82) is 0 Å². The second-order valence-electron chi connectivity index (χ2n) is 9.00. The first kappa shape index (κ1) is 22.7. The van der Waals surface area contributed by atoms with Crippen molar-refractivity contribution in [3.8, 4) is 17.2 Å². The molecule has 2 aliphatic rings. The summed E-state index contributed by atoms with van der Waals surface area (Å²) < 4.78 is 23.7. The van der Waals surface area contributed by atoms with Gasteiger partial charge in [0.25, 0.3) is 0 Å². The first-order valence-electron chi connectivity index (χ1n) is 10.8. The van der Waals surface area contributed by atoms with Crippen LogP contribution >= 0.6 is 11.6 Å². The van der Waals surface area contributed by atoms with Crippen LogP contribution in [0.5, 0.6) is 17.2 Å². The number of carboxylic acids is 1. The molecule has 6 nitrogen and oxygen atoms in total. The number of fused-ring (bicyclic) bond motifs is 3. The molecular formula is C25H29ClO6. The number of ether oxygens (including phenoxy) is 4. The maximum atomic E-state index is 12.2. The van der Waals surface area contributed by atoms with E-state index in [0.717, 1.165) is 16.9 Å². The largest absolute Gasteiger partial charge is 0.497 e. The van der Waals surface area contributed by atoms with Crippen LogP contribution in [0, 0.1) is 11.8 Å². The highest BCUT2D eigenvalue weighted by molar-refractivity contribution is 6.30. The normalized spacial score (nSPS) is 25.8. The molecule has 1 fully saturated rings. The third-order valence-corrected chi connectivity index (χ3v) is 6.86. The van der Waals surface area contributed by atoms with Crippen LogP contribution in [0.25, 0.3) is 0 Å². The molecule has 0 unspecified atom stereocenters. The fourth-order valence-corrected chi connectivity index (χ4v) is 5.15. The van der Waals surface area contributed by atoms with E-state index in [-0.39, 0.29) is 12.0 Å². The van der Waals surface area contributed by atoms with Crippen molar-refractivity contribution in [2.75, 3.05) is 14.2 Å². The minimum atomic E-state index is -0.843. The summed E-state index contributed by atoms with van der Waals surface area (Å²) in [6, 6.07) is 11.4. The molecule has 0 aromatic heterocycles. The van der Waals surface area contributed by atoms with Crippen LogP contribution in [0.2, 0.25) is 5.02 Å². The molecule has 0 spiro atoms. The molecule has 0 saturated carbocycles. The SMILES string of the molecule is COc1cccc(CC[C@@H]2O[C@@H]3c4cc(Cl)cc(OC)c4OC(C)(C)[C@H]3C[C@H]2C(=O)O)c1. The van der Waals surface area contributed by atoms with Crippen LogP contribution in [0.15, 0.2) is 36.4 Å². The molecule has 4 rings (SSSR count). The highest BCUT2D eigenvalue weighted by atomic mass is 35.5. The van der Waals surface area contributed by atoms with Gasteiger partial charge >= 0.3 is 5.97 Å². The first-order valence-corrected chi connectivity index (χ1v) is 11.2. The number of benzene rings is 2. The van der Waals surface area contributed by atoms with E-state index in [9.17, 15) is 9.90 Å². The van der Waals surface area contributed by atoms with Crippen molar-refractivity contribution in [2.45, 2.75) is 50.9 Å². The molecule has 1 N–H and O–H groups in total. The second kappa shape index (κ2) is 8.83. The number of carboxylic acid groups (broad SMARTS) is 1. The number of methoxy groups -OCH3 is 2. The molecule has 0 bridgehead atoms. The van der Waals surface area contributed by atoms with Gasteiger partial charge in [0.2, 0.25) is 0 Å². The molecule has 2 aromatic carbocycles. The summed E-state index contributed by atoms with van der Waals surface area (Å²) in [6.45, 7) is 3.95. The van der Waals surface area contributed by atoms with Crippen LogP contribution < -0.4 is 14.2 Å². The standard InChI is InChI=1S/C25H29ClO6/c1-25(2)19-13-17(24(27)28)20(9-8-14-6-5-7-16(10-14)29-3)31-22(19)18-11-15(26)12-21(30-4)23(18)32-25/h5-7,10-12,17,19-20,22H,8-9,13H2,1-4H3,(H,27,28)/t17-,19+,20+,22-/m1/s1. The summed E-state index contributed by atoms with van der Waals surface area (Å²) in [5.74, 6) is 0.354. The summed E-state index contributed by atoms with van der Waals surface area (Å²) in [5.41, 5.74) is 1.27. The minimum absolute atomic E-state index is 0.132. The van der Waals surface area contributed by atoms with Crippen LogP contribution in [0.4, 0.5) is 0 Å². The number of hydrogen-bond donors (Lipinski definition) is 1. The Kier molecular flexibility index (Phi) is 6.28. The van der Waals surface area contributed by atoms with Crippen LogP contribution in [-0.4, -0.2) is 37.0 Å². The van der Waals surface area contributed by atoms with Gasteiger partial charge in [-0.1, -0.05) is 23.7 Å². The lowest BCUT2D eigenvalue weighted by Crippen LogP contribution is -2.52. The van der Waals surface area contributed by atoms with Crippen molar-refractivity contribution in [2.24, 2.45) is 11.8 Å². The average molecular weight is 461 g/mol. The summed E-state index contributed by atoms with van der Waals surface area (Å²) in [5, 5.41) is 10.5. The number of aliphatic carboxylic acids is 1. The van der Waals surface area contributed by atoms with Crippen molar-refractivity contribution in [3.05, 3.63) is 52.5 Å². The van der Waals surface area contributed by atoms with Gasteiger partial charge < -0.3 is 24.1 Å². The number of carbonyl (C=O) groups is 1. The minimum Gasteiger partial charge on any atom is -0.497 e. The van der Waals surface area contributed by atoms with Gasteiger partial charge in [0.05, 0.1) is 32.3 Å². The van der Waals surface area contributed by atoms with Gasteiger partial charge in [-0.3, -0.25) is 4.79 Å². The lowest BCUT2D eigenvalue weighted by atomic mass is 9.71. The van der Waals surface area contributed by atoms with Crippen LogP contribution in [-0.2, 0) is 16.0 Å². The Morgan fingerprint density at radius 3 is 2.69 bits per heavy atom. The quantitative estimate of drug-likeness (QED) is 0.629. The monoisotopic (exact) mass is 460 g/mol. The molecule has 2 aromatic rings. The Morgan fingerprint density at radius 2 is 2.00 bits per heavy atom. The smallest absolute Gasteiger partial charge is 0.309 e. The van der Waals surface area contributed by atoms with Gasteiger partial charge in [-0.2, -0.15) is 0 Å². The van der Waals surface area contributed by atoms with E-state index in [1.54, 1.807) is 20.3 Å². The molecule has 0 aliphatic carbocycles. The second-order valence-corrected chi connectivity index (χ2v) is 9.44. The molecule has 0 amide bonds. The van der Waals surface area contributed by atoms with Gasteiger partial charge in [-0.25, -0.2) is 0 Å². The number of hydrogen-bond acceptors (Lipinski definition) is 5. The van der Waals surface area contributed by atoms with E-state index in [4.69, 9.17) is 30.5 Å². The summed E-state index contributed by atoms with van der Waals surface area (Å²) in [6.07, 6.45) is 0.972. The van der Waals surface area contributed by atoms with Crippen molar-refractivity contribution < 1.29 is 28.8 Å². The Hall–Kier alpha value is -2.44. The van der Waals surface area contributed by atoms with Crippen molar-refractivity contribution >= 4 is 17.6 Å². The molecule has 2 heterocycles. The number of aryl methyl sites for hydroxylation is 1. The highest BCUT2D eigenvalue weighted by Gasteiger charge is 2.52. The van der Waals surface area contributed by atoms with Gasteiger partial charge in [-0.05, 0) is 56.9 Å².